The van der Waals surface area contributed by atoms with Crippen molar-refractivity contribution in [1.29, 1.82) is 0 Å². The van der Waals surface area contributed by atoms with Crippen LogP contribution in [0.1, 0.15) is 74.6 Å². The minimum absolute atomic E-state index is 0.0674. The van der Waals surface area contributed by atoms with Crippen molar-refractivity contribution in [3.05, 3.63) is 30.1 Å². The first kappa shape index (κ1) is 16.7. The minimum Gasteiger partial charge on any atom is -0.451 e. The van der Waals surface area contributed by atoms with Gasteiger partial charge in [0.15, 0.2) is 11.9 Å². The van der Waals surface area contributed by atoms with E-state index in [2.05, 4.69) is 4.98 Å². The molecule has 1 unspecified atom stereocenters. The predicted octanol–water partition coefficient (Wildman–Crippen LogP) is 4.09. The number of carbonyl (C=O) groups excluding carboxylic acids is 2. The van der Waals surface area contributed by atoms with Crippen molar-refractivity contribution in [2.75, 3.05) is 0 Å². The summed E-state index contributed by atoms with van der Waals surface area (Å²) in [6.07, 6.45) is 12.6. The van der Waals surface area contributed by atoms with Gasteiger partial charge in [-0.2, -0.15) is 0 Å². The van der Waals surface area contributed by atoms with Gasteiger partial charge in [0.2, 0.25) is 0 Å². The zero-order chi connectivity index (χ0) is 15.6. The van der Waals surface area contributed by atoms with Crippen LogP contribution in [-0.2, 0) is 9.53 Å². The van der Waals surface area contributed by atoms with E-state index in [1.54, 1.807) is 18.3 Å². The molecular weight excluding hydrogens is 278 g/mol. The van der Waals surface area contributed by atoms with Gasteiger partial charge in [0.05, 0.1) is 5.56 Å². The van der Waals surface area contributed by atoms with Crippen LogP contribution in [0.25, 0.3) is 0 Å². The molecule has 1 saturated carbocycles. The Bertz CT molecular complexity index is 472. The summed E-state index contributed by atoms with van der Waals surface area (Å²) in [7, 11) is 0. The summed E-state index contributed by atoms with van der Waals surface area (Å²) in [6.45, 7) is 0. The summed E-state index contributed by atoms with van der Waals surface area (Å²) in [5.41, 5.74) is 0.404. The number of pyridine rings is 1. The van der Waals surface area contributed by atoms with Crippen LogP contribution < -0.4 is 0 Å². The summed E-state index contributed by atoms with van der Waals surface area (Å²) in [5, 5.41) is 0. The highest BCUT2D eigenvalue weighted by Crippen LogP contribution is 2.18. The van der Waals surface area contributed by atoms with E-state index in [1.807, 2.05) is 0 Å². The molecule has 2 rings (SSSR count). The normalized spacial score (nSPS) is 21.5. The van der Waals surface area contributed by atoms with E-state index in [-0.39, 0.29) is 5.78 Å². The molecule has 0 radical (unpaired) electrons. The van der Waals surface area contributed by atoms with Crippen LogP contribution in [0.5, 0.6) is 0 Å². The smallest absolute Gasteiger partial charge is 0.340 e. The third kappa shape index (κ3) is 5.58. The summed E-state index contributed by atoms with van der Waals surface area (Å²) >= 11 is 0. The summed E-state index contributed by atoms with van der Waals surface area (Å²) in [6, 6.07) is 3.36. The topological polar surface area (TPSA) is 56.3 Å². The third-order valence-electron chi connectivity index (χ3n) is 4.15. The lowest BCUT2D eigenvalue weighted by Crippen LogP contribution is -2.27. The third-order valence-corrected chi connectivity index (χ3v) is 4.15. The Morgan fingerprint density at radius 3 is 2.41 bits per heavy atom. The lowest BCUT2D eigenvalue weighted by molar-refractivity contribution is -0.128. The molecule has 0 aliphatic heterocycles. The number of ketones is 1. The molecule has 1 aliphatic carbocycles. The molecule has 4 heteroatoms. The van der Waals surface area contributed by atoms with Crippen LogP contribution in [0.4, 0.5) is 0 Å². The number of rotatable bonds is 2. The van der Waals surface area contributed by atoms with E-state index in [0.717, 1.165) is 25.7 Å². The predicted molar refractivity (Wildman–Crippen MR) is 84.6 cm³/mol. The van der Waals surface area contributed by atoms with Gasteiger partial charge in [-0.1, -0.05) is 38.5 Å². The molecule has 0 aromatic carbocycles. The Hall–Kier alpha value is -1.71. The first-order valence-electron chi connectivity index (χ1n) is 8.41. The number of esters is 1. The Labute approximate surface area is 132 Å². The van der Waals surface area contributed by atoms with Crippen molar-refractivity contribution < 1.29 is 14.3 Å². The average molecular weight is 303 g/mol. The van der Waals surface area contributed by atoms with E-state index in [0.29, 0.717) is 18.4 Å². The van der Waals surface area contributed by atoms with Crippen molar-refractivity contribution in [1.82, 2.24) is 4.98 Å². The maximum Gasteiger partial charge on any atom is 0.340 e. The molecule has 0 spiro atoms. The minimum atomic E-state index is -0.591. The standard InChI is InChI=1S/C18H25NO3/c20-16-11-7-5-3-1-2-4-6-8-12-17(16)22-18(21)15-10-9-13-19-14-15/h9-10,13-14,17H,1-8,11-12H2. The van der Waals surface area contributed by atoms with Gasteiger partial charge in [-0.25, -0.2) is 4.79 Å². The van der Waals surface area contributed by atoms with Crippen LogP contribution >= 0.6 is 0 Å². The van der Waals surface area contributed by atoms with E-state index >= 15 is 0 Å². The number of Topliss-reactive ketones (excluding diaryl/α,β-unsaturated/α-hetero) is 1. The van der Waals surface area contributed by atoms with Crippen molar-refractivity contribution in [3.8, 4) is 0 Å². The molecule has 0 saturated heterocycles. The summed E-state index contributed by atoms with van der Waals surface area (Å²) in [4.78, 5) is 28.3. The highest BCUT2D eigenvalue weighted by molar-refractivity contribution is 5.92. The number of hydrogen-bond donors (Lipinski definition) is 0. The monoisotopic (exact) mass is 303 g/mol. The highest BCUT2D eigenvalue weighted by Gasteiger charge is 2.23. The fourth-order valence-corrected chi connectivity index (χ4v) is 2.82. The van der Waals surface area contributed by atoms with Gasteiger partial charge in [0, 0.05) is 18.8 Å². The number of hydrogen-bond acceptors (Lipinski definition) is 4. The number of nitrogens with zero attached hydrogens (tertiary/aromatic N) is 1. The molecule has 0 amide bonds. The van der Waals surface area contributed by atoms with Crippen LogP contribution in [0.15, 0.2) is 24.5 Å². The molecule has 22 heavy (non-hydrogen) atoms. The Kier molecular flexibility index (Phi) is 7.07. The van der Waals surface area contributed by atoms with Crippen LogP contribution in [0.2, 0.25) is 0 Å². The Morgan fingerprint density at radius 1 is 1.05 bits per heavy atom. The molecule has 1 aromatic heterocycles. The lowest BCUT2D eigenvalue weighted by Gasteiger charge is -2.17. The maximum absolute atomic E-state index is 12.3. The molecule has 0 bridgehead atoms. The maximum atomic E-state index is 12.3. The van der Waals surface area contributed by atoms with E-state index in [9.17, 15) is 9.59 Å². The van der Waals surface area contributed by atoms with E-state index < -0.39 is 12.1 Å². The fraction of sp³-hybridized carbons (Fsp3) is 0.611. The van der Waals surface area contributed by atoms with Gasteiger partial charge in [-0.3, -0.25) is 9.78 Å². The molecule has 1 heterocycles. The fourth-order valence-electron chi connectivity index (χ4n) is 2.82. The van der Waals surface area contributed by atoms with Crippen molar-refractivity contribution in [3.63, 3.8) is 0 Å². The van der Waals surface area contributed by atoms with Gasteiger partial charge in [0.25, 0.3) is 0 Å². The van der Waals surface area contributed by atoms with Crippen molar-refractivity contribution >= 4 is 11.8 Å². The molecule has 1 aliphatic rings. The zero-order valence-corrected chi connectivity index (χ0v) is 13.1. The summed E-state index contributed by atoms with van der Waals surface area (Å²) < 4.78 is 5.47. The van der Waals surface area contributed by atoms with Gasteiger partial charge in [-0.05, 0) is 31.4 Å². The van der Waals surface area contributed by atoms with Gasteiger partial charge >= 0.3 is 5.97 Å². The highest BCUT2D eigenvalue weighted by atomic mass is 16.5. The largest absolute Gasteiger partial charge is 0.451 e. The lowest BCUT2D eigenvalue weighted by atomic mass is 9.98. The number of aromatic nitrogens is 1. The zero-order valence-electron chi connectivity index (χ0n) is 13.1. The van der Waals surface area contributed by atoms with Crippen molar-refractivity contribution in [2.45, 2.75) is 70.3 Å². The molecule has 4 nitrogen and oxygen atoms in total. The van der Waals surface area contributed by atoms with Crippen LogP contribution in [0, 0.1) is 0 Å². The van der Waals surface area contributed by atoms with Crippen LogP contribution in [-0.4, -0.2) is 22.8 Å². The van der Waals surface area contributed by atoms with E-state index in [1.165, 1.54) is 31.9 Å². The van der Waals surface area contributed by atoms with Gasteiger partial charge < -0.3 is 4.74 Å². The molecular formula is C18H25NO3. The number of ether oxygens (including phenoxy) is 1. The van der Waals surface area contributed by atoms with E-state index in [4.69, 9.17) is 4.74 Å². The SMILES string of the molecule is O=C(OC1CCCCCCCCCCC1=O)c1cccnc1. The molecule has 120 valence electrons. The molecule has 1 atom stereocenters. The Balaban J connectivity index is 1.94. The number of carbonyl (C=O) groups is 2. The Morgan fingerprint density at radius 2 is 1.73 bits per heavy atom. The second kappa shape index (κ2) is 9.34. The van der Waals surface area contributed by atoms with Gasteiger partial charge in [0.1, 0.15) is 0 Å². The second-order valence-corrected chi connectivity index (χ2v) is 5.97. The molecule has 1 fully saturated rings. The quantitative estimate of drug-likeness (QED) is 0.772. The van der Waals surface area contributed by atoms with Gasteiger partial charge in [-0.15, -0.1) is 0 Å². The molecule has 0 N–H and O–H groups in total. The molecule has 1 aromatic rings. The second-order valence-electron chi connectivity index (χ2n) is 5.97. The van der Waals surface area contributed by atoms with Crippen molar-refractivity contribution in [2.24, 2.45) is 0 Å². The average Bonchev–Trinajstić information content (AvgIpc) is 2.54. The first-order chi connectivity index (χ1) is 10.8. The summed E-state index contributed by atoms with van der Waals surface area (Å²) in [5.74, 6) is -0.378. The first-order valence-corrected chi connectivity index (χ1v) is 8.41. The van der Waals surface area contributed by atoms with Crippen LogP contribution in [0.3, 0.4) is 0 Å².